The second-order valence-electron chi connectivity index (χ2n) is 7.32. The van der Waals surface area contributed by atoms with E-state index >= 15 is 0 Å². The van der Waals surface area contributed by atoms with Gasteiger partial charge in [0.2, 0.25) is 10.0 Å². The van der Waals surface area contributed by atoms with Gasteiger partial charge in [-0.05, 0) is 56.5 Å². The maximum atomic E-state index is 13.0. The average molecular weight is 452 g/mol. The fourth-order valence-electron chi connectivity index (χ4n) is 3.26. The van der Waals surface area contributed by atoms with E-state index < -0.39 is 26.1 Å². The Morgan fingerprint density at radius 2 is 1.53 bits per heavy atom. The van der Waals surface area contributed by atoms with Crippen molar-refractivity contribution in [1.82, 2.24) is 9.03 Å². The van der Waals surface area contributed by atoms with Crippen LogP contribution >= 0.6 is 0 Å². The molecule has 0 spiro atoms. The zero-order chi connectivity index (χ0) is 21.9. The van der Waals surface area contributed by atoms with Crippen LogP contribution in [-0.2, 0) is 20.0 Å². The van der Waals surface area contributed by atoms with E-state index in [1.807, 2.05) is 11.6 Å². The van der Waals surface area contributed by atoms with Crippen LogP contribution in [0.15, 0.2) is 52.3 Å². The summed E-state index contributed by atoms with van der Waals surface area (Å²) in [6.45, 7) is 4.44. The number of sulfonamides is 2. The van der Waals surface area contributed by atoms with Gasteiger partial charge >= 0.3 is 6.03 Å². The first-order chi connectivity index (χ1) is 14.1. The van der Waals surface area contributed by atoms with Crippen LogP contribution in [0.3, 0.4) is 0 Å². The summed E-state index contributed by atoms with van der Waals surface area (Å²) < 4.78 is 54.1. The zero-order valence-corrected chi connectivity index (χ0v) is 18.5. The predicted molar refractivity (Wildman–Crippen MR) is 114 cm³/mol. The molecule has 1 heterocycles. The van der Waals surface area contributed by atoms with Crippen LogP contribution in [0.25, 0.3) is 0 Å². The Balaban J connectivity index is 1.78. The summed E-state index contributed by atoms with van der Waals surface area (Å²) in [5, 5.41) is 2.41. The largest absolute Gasteiger partial charge is 0.333 e. The fourth-order valence-corrected chi connectivity index (χ4v) is 5.93. The third kappa shape index (κ3) is 5.00. The maximum absolute atomic E-state index is 13.0. The number of nitrogens with zero attached hydrogens (tertiary/aromatic N) is 1. The summed E-state index contributed by atoms with van der Waals surface area (Å²) in [7, 11) is -7.74. The number of aryl methyl sites for hydroxylation is 2. The van der Waals surface area contributed by atoms with Crippen molar-refractivity contribution >= 4 is 31.8 Å². The van der Waals surface area contributed by atoms with Crippen LogP contribution in [-0.4, -0.2) is 40.3 Å². The lowest BCUT2D eigenvalue weighted by Crippen LogP contribution is -2.36. The number of hydrogen-bond acceptors (Lipinski definition) is 5. The van der Waals surface area contributed by atoms with Gasteiger partial charge in [-0.25, -0.2) is 26.4 Å². The Hall–Kier alpha value is -2.43. The highest BCUT2D eigenvalue weighted by atomic mass is 32.2. The number of nitrogens with one attached hydrogen (secondary N) is 2. The van der Waals surface area contributed by atoms with Crippen molar-refractivity contribution in [3.8, 4) is 0 Å². The molecule has 1 aliphatic heterocycles. The van der Waals surface area contributed by atoms with Crippen molar-refractivity contribution < 1.29 is 21.6 Å². The molecule has 1 fully saturated rings. The second-order valence-corrected chi connectivity index (χ2v) is 10.9. The molecule has 2 aromatic rings. The summed E-state index contributed by atoms with van der Waals surface area (Å²) in [6, 6.07) is 9.57. The van der Waals surface area contributed by atoms with Gasteiger partial charge in [0.05, 0.1) is 9.79 Å². The molecule has 0 radical (unpaired) electrons. The number of piperidine rings is 1. The molecule has 30 heavy (non-hydrogen) atoms. The van der Waals surface area contributed by atoms with Gasteiger partial charge < -0.3 is 5.32 Å². The quantitative estimate of drug-likeness (QED) is 0.726. The van der Waals surface area contributed by atoms with Gasteiger partial charge in [-0.1, -0.05) is 30.2 Å². The minimum Gasteiger partial charge on any atom is -0.307 e. The molecule has 10 heteroatoms. The van der Waals surface area contributed by atoms with E-state index in [-0.39, 0.29) is 15.5 Å². The molecule has 0 aliphatic carbocycles. The van der Waals surface area contributed by atoms with Crippen molar-refractivity contribution in [1.29, 1.82) is 0 Å². The SMILES string of the molecule is Cc1ccc(S(=O)(=O)NC(=O)Nc2ccc(C)c(S(=O)(=O)N3CCCCC3)c2)cc1. The van der Waals surface area contributed by atoms with Crippen molar-refractivity contribution in [2.75, 3.05) is 18.4 Å². The Morgan fingerprint density at radius 3 is 2.17 bits per heavy atom. The lowest BCUT2D eigenvalue weighted by molar-refractivity contribution is 0.256. The molecule has 0 bridgehead atoms. The number of amides is 2. The summed E-state index contributed by atoms with van der Waals surface area (Å²) >= 11 is 0. The third-order valence-corrected chi connectivity index (χ3v) is 8.32. The molecule has 8 nitrogen and oxygen atoms in total. The zero-order valence-electron chi connectivity index (χ0n) is 16.9. The van der Waals surface area contributed by atoms with Crippen LogP contribution in [0.4, 0.5) is 10.5 Å². The third-order valence-electron chi connectivity index (χ3n) is 4.94. The summed E-state index contributed by atoms with van der Waals surface area (Å²) in [5.74, 6) is 0. The van der Waals surface area contributed by atoms with E-state index in [0.29, 0.717) is 18.7 Å². The lowest BCUT2D eigenvalue weighted by Gasteiger charge is -2.26. The molecule has 0 unspecified atom stereocenters. The number of benzene rings is 2. The van der Waals surface area contributed by atoms with Crippen molar-refractivity contribution in [3.05, 3.63) is 53.6 Å². The standard InChI is InChI=1S/C20H25N3O5S2/c1-15-6-10-18(11-7-15)29(25,26)22-20(24)21-17-9-8-16(2)19(14-17)30(27,28)23-12-4-3-5-13-23/h6-11,14H,3-5,12-13H2,1-2H3,(H2,21,22,24). The summed E-state index contributed by atoms with van der Waals surface area (Å²) in [5.41, 5.74) is 1.63. The number of carbonyl (C=O) groups excluding carboxylic acids is 1. The molecule has 162 valence electrons. The Bertz CT molecular complexity index is 1140. The van der Waals surface area contributed by atoms with Crippen molar-refractivity contribution in [2.45, 2.75) is 42.9 Å². The average Bonchev–Trinajstić information content (AvgIpc) is 2.70. The normalized spacial score (nSPS) is 15.5. The van der Waals surface area contributed by atoms with E-state index in [2.05, 4.69) is 5.32 Å². The van der Waals surface area contributed by atoms with Crippen LogP contribution in [0, 0.1) is 13.8 Å². The van der Waals surface area contributed by atoms with Gasteiger partial charge in [0.1, 0.15) is 0 Å². The minimum absolute atomic E-state index is 0.0412. The predicted octanol–water partition coefficient (Wildman–Crippen LogP) is 2.99. The van der Waals surface area contributed by atoms with Crippen LogP contribution in [0.1, 0.15) is 30.4 Å². The lowest BCUT2D eigenvalue weighted by atomic mass is 10.2. The molecule has 0 atom stereocenters. The second kappa shape index (κ2) is 8.75. The Morgan fingerprint density at radius 1 is 0.900 bits per heavy atom. The molecule has 0 saturated carbocycles. The molecule has 2 aromatic carbocycles. The first-order valence-electron chi connectivity index (χ1n) is 9.61. The van der Waals surface area contributed by atoms with E-state index in [1.54, 1.807) is 25.1 Å². The molecular weight excluding hydrogens is 426 g/mol. The molecule has 1 saturated heterocycles. The summed E-state index contributed by atoms with van der Waals surface area (Å²) in [4.78, 5) is 12.3. The van der Waals surface area contributed by atoms with Gasteiger partial charge in [-0.15, -0.1) is 0 Å². The smallest absolute Gasteiger partial charge is 0.307 e. The maximum Gasteiger partial charge on any atom is 0.333 e. The monoisotopic (exact) mass is 451 g/mol. The molecule has 3 rings (SSSR count). The van der Waals surface area contributed by atoms with Crippen molar-refractivity contribution in [3.63, 3.8) is 0 Å². The first-order valence-corrected chi connectivity index (χ1v) is 12.5. The Kier molecular flexibility index (Phi) is 6.49. The van der Waals surface area contributed by atoms with E-state index in [9.17, 15) is 21.6 Å². The van der Waals surface area contributed by atoms with Crippen LogP contribution < -0.4 is 10.0 Å². The van der Waals surface area contributed by atoms with Crippen LogP contribution in [0.2, 0.25) is 0 Å². The van der Waals surface area contributed by atoms with E-state index in [4.69, 9.17) is 0 Å². The minimum atomic E-state index is -4.05. The highest BCUT2D eigenvalue weighted by Gasteiger charge is 2.28. The van der Waals surface area contributed by atoms with Gasteiger partial charge in [0.15, 0.2) is 0 Å². The van der Waals surface area contributed by atoms with Gasteiger partial charge in [-0.2, -0.15) is 4.31 Å². The molecule has 0 aromatic heterocycles. The molecule has 2 N–H and O–H groups in total. The van der Waals surface area contributed by atoms with Gasteiger partial charge in [0.25, 0.3) is 10.0 Å². The number of rotatable bonds is 5. The van der Waals surface area contributed by atoms with E-state index in [0.717, 1.165) is 24.8 Å². The number of carbonyl (C=O) groups is 1. The number of urea groups is 1. The summed E-state index contributed by atoms with van der Waals surface area (Å²) in [6.07, 6.45) is 2.63. The van der Waals surface area contributed by atoms with E-state index in [1.165, 1.54) is 28.6 Å². The van der Waals surface area contributed by atoms with Crippen molar-refractivity contribution in [2.24, 2.45) is 0 Å². The topological polar surface area (TPSA) is 113 Å². The number of anilines is 1. The fraction of sp³-hybridized carbons (Fsp3) is 0.350. The first kappa shape index (κ1) is 22.3. The molecule has 1 aliphatic rings. The molecular formula is C20H25N3O5S2. The number of hydrogen-bond donors (Lipinski definition) is 2. The van der Waals surface area contributed by atoms with Gasteiger partial charge in [-0.3, -0.25) is 0 Å². The highest BCUT2D eigenvalue weighted by Crippen LogP contribution is 2.26. The molecule has 2 amide bonds. The Labute approximate surface area is 177 Å². The highest BCUT2D eigenvalue weighted by molar-refractivity contribution is 7.90. The van der Waals surface area contributed by atoms with Crippen LogP contribution in [0.5, 0.6) is 0 Å². The van der Waals surface area contributed by atoms with Gasteiger partial charge in [0, 0.05) is 18.8 Å².